The molecular weight excluding hydrogens is 392 g/mol. The second-order valence-electron chi connectivity index (χ2n) is 13.5. The normalized spacial score (nSPS) is 50.5. The van der Waals surface area contributed by atoms with Gasteiger partial charge in [-0.1, -0.05) is 48.0 Å². The average molecular weight is 439 g/mol. The maximum absolute atomic E-state index is 13.1. The summed E-state index contributed by atoms with van der Waals surface area (Å²) >= 11 is 0. The van der Waals surface area contributed by atoms with E-state index in [2.05, 4.69) is 41.5 Å². The van der Waals surface area contributed by atoms with Crippen LogP contribution in [0.5, 0.6) is 0 Å². The van der Waals surface area contributed by atoms with Crippen molar-refractivity contribution in [2.24, 2.45) is 57.7 Å². The lowest BCUT2D eigenvalue weighted by atomic mass is 9.37. The molecule has 0 spiro atoms. The van der Waals surface area contributed by atoms with Crippen molar-refractivity contribution in [3.8, 4) is 0 Å². The summed E-state index contributed by atoms with van der Waals surface area (Å²) in [5.74, 6) is 5.09. The van der Waals surface area contributed by atoms with Crippen molar-refractivity contribution in [1.29, 1.82) is 0 Å². The first-order valence-electron chi connectivity index (χ1n) is 13.9. The molecule has 32 heavy (non-hydrogen) atoms. The van der Waals surface area contributed by atoms with Crippen molar-refractivity contribution in [1.82, 2.24) is 0 Å². The SMILES string of the molecule is CCC1CCC2(C)C(CCC3(C)C4CCC5(C=O)CC(=O)C(C(C)C)=C5C4CCC32)C1C. The highest BCUT2D eigenvalue weighted by Gasteiger charge is 2.64. The molecule has 0 bridgehead atoms. The summed E-state index contributed by atoms with van der Waals surface area (Å²) in [6.45, 7) is 14.6. The van der Waals surface area contributed by atoms with Crippen LogP contribution in [-0.4, -0.2) is 12.1 Å². The van der Waals surface area contributed by atoms with Gasteiger partial charge in [-0.2, -0.15) is 0 Å². The number of carbonyl (C=O) groups excluding carboxylic acids is 2. The standard InChI is InChI=1S/C30H46O2/c1-7-20-10-13-28(5)22(19(20)4)11-14-29(6)23-12-15-30(17-31)16-24(32)26(18(2)3)27(30)21(23)8-9-25(28)29/h17-23,25H,7-16H2,1-6H3. The van der Waals surface area contributed by atoms with Crippen molar-refractivity contribution >= 4 is 12.1 Å². The number of allylic oxidation sites excluding steroid dienone is 2. The molecule has 0 heterocycles. The highest BCUT2D eigenvalue weighted by molar-refractivity contribution is 6.03. The zero-order chi connectivity index (χ0) is 23.1. The van der Waals surface area contributed by atoms with E-state index in [0.717, 1.165) is 42.1 Å². The Hall–Kier alpha value is -0.920. The molecule has 5 aliphatic carbocycles. The van der Waals surface area contributed by atoms with Gasteiger partial charge in [-0.25, -0.2) is 0 Å². The van der Waals surface area contributed by atoms with Gasteiger partial charge in [0.1, 0.15) is 6.29 Å². The molecule has 0 N–H and O–H groups in total. The third kappa shape index (κ3) is 2.83. The van der Waals surface area contributed by atoms with Crippen LogP contribution in [0.4, 0.5) is 0 Å². The fourth-order valence-electron chi connectivity index (χ4n) is 10.8. The number of hydrogen-bond donors (Lipinski definition) is 0. The minimum absolute atomic E-state index is 0.238. The number of hydrogen-bond acceptors (Lipinski definition) is 2. The molecule has 0 aromatic heterocycles. The lowest BCUT2D eigenvalue weighted by Gasteiger charge is -2.67. The van der Waals surface area contributed by atoms with E-state index in [1.165, 1.54) is 56.8 Å². The lowest BCUT2D eigenvalue weighted by Crippen LogP contribution is -2.60. The van der Waals surface area contributed by atoms with Crippen LogP contribution in [0.25, 0.3) is 0 Å². The maximum atomic E-state index is 13.1. The number of carbonyl (C=O) groups is 2. The molecular formula is C30H46O2. The summed E-state index contributed by atoms with van der Waals surface area (Å²) in [7, 11) is 0. The topological polar surface area (TPSA) is 34.1 Å². The second-order valence-corrected chi connectivity index (χ2v) is 13.5. The first-order chi connectivity index (χ1) is 15.1. The first-order valence-corrected chi connectivity index (χ1v) is 13.9. The van der Waals surface area contributed by atoms with E-state index >= 15 is 0 Å². The zero-order valence-electron chi connectivity index (χ0n) is 21.5. The van der Waals surface area contributed by atoms with E-state index in [9.17, 15) is 9.59 Å². The van der Waals surface area contributed by atoms with Crippen molar-refractivity contribution in [3.63, 3.8) is 0 Å². The fraction of sp³-hybridized carbons (Fsp3) is 0.867. The Bertz CT molecular complexity index is 838. The third-order valence-electron chi connectivity index (χ3n) is 12.2. The summed E-state index contributed by atoms with van der Waals surface area (Å²) in [5, 5.41) is 0. The Kier molecular flexibility index (Phi) is 5.38. The Morgan fingerprint density at radius 3 is 2.28 bits per heavy atom. The Morgan fingerprint density at radius 2 is 1.62 bits per heavy atom. The molecule has 0 aliphatic heterocycles. The van der Waals surface area contributed by atoms with E-state index < -0.39 is 5.41 Å². The number of rotatable bonds is 3. The molecule has 2 nitrogen and oxygen atoms in total. The fourth-order valence-corrected chi connectivity index (χ4v) is 10.8. The summed E-state index contributed by atoms with van der Waals surface area (Å²) < 4.78 is 0. The van der Waals surface area contributed by atoms with Crippen LogP contribution < -0.4 is 0 Å². The maximum Gasteiger partial charge on any atom is 0.160 e. The molecule has 9 unspecified atom stereocenters. The van der Waals surface area contributed by atoms with E-state index in [4.69, 9.17) is 0 Å². The van der Waals surface area contributed by atoms with Gasteiger partial charge in [0.2, 0.25) is 0 Å². The molecule has 4 fully saturated rings. The molecule has 178 valence electrons. The van der Waals surface area contributed by atoms with E-state index in [1.54, 1.807) is 0 Å². The Labute approximate surface area is 196 Å². The quantitative estimate of drug-likeness (QED) is 0.430. The monoisotopic (exact) mass is 438 g/mol. The van der Waals surface area contributed by atoms with Gasteiger partial charge in [0.05, 0.1) is 5.41 Å². The summed E-state index contributed by atoms with van der Waals surface area (Å²) in [6, 6.07) is 0. The molecule has 0 saturated heterocycles. The van der Waals surface area contributed by atoms with Crippen molar-refractivity contribution in [3.05, 3.63) is 11.1 Å². The molecule has 0 radical (unpaired) electrons. The lowest BCUT2D eigenvalue weighted by molar-refractivity contribution is -0.170. The smallest absolute Gasteiger partial charge is 0.160 e. The van der Waals surface area contributed by atoms with Crippen molar-refractivity contribution in [2.75, 3.05) is 0 Å². The highest BCUT2D eigenvalue weighted by atomic mass is 16.1. The van der Waals surface area contributed by atoms with Crippen LogP contribution in [0.3, 0.4) is 0 Å². The molecule has 2 heteroatoms. The zero-order valence-corrected chi connectivity index (χ0v) is 21.5. The van der Waals surface area contributed by atoms with Gasteiger partial charge < -0.3 is 4.79 Å². The number of ketones is 1. The summed E-state index contributed by atoms with van der Waals surface area (Å²) in [6.07, 6.45) is 13.1. The van der Waals surface area contributed by atoms with Gasteiger partial charge in [-0.15, -0.1) is 0 Å². The minimum Gasteiger partial charge on any atom is -0.302 e. The Morgan fingerprint density at radius 1 is 0.969 bits per heavy atom. The van der Waals surface area contributed by atoms with E-state index in [0.29, 0.717) is 29.1 Å². The molecule has 5 aliphatic rings. The number of aldehydes is 1. The van der Waals surface area contributed by atoms with Crippen LogP contribution in [-0.2, 0) is 9.59 Å². The van der Waals surface area contributed by atoms with Gasteiger partial charge in [0.25, 0.3) is 0 Å². The predicted octanol–water partition coefficient (Wildman–Crippen LogP) is 7.41. The van der Waals surface area contributed by atoms with Crippen LogP contribution in [0, 0.1) is 57.7 Å². The van der Waals surface area contributed by atoms with Crippen LogP contribution >= 0.6 is 0 Å². The van der Waals surface area contributed by atoms with E-state index in [1.807, 2.05) is 0 Å². The van der Waals surface area contributed by atoms with Gasteiger partial charge in [-0.3, -0.25) is 4.79 Å². The Balaban J connectivity index is 1.53. The third-order valence-corrected chi connectivity index (χ3v) is 12.2. The molecule has 0 aromatic carbocycles. The van der Waals surface area contributed by atoms with Crippen LogP contribution in [0.1, 0.15) is 106 Å². The van der Waals surface area contributed by atoms with E-state index in [-0.39, 0.29) is 11.7 Å². The highest BCUT2D eigenvalue weighted by Crippen LogP contribution is 2.71. The van der Waals surface area contributed by atoms with Gasteiger partial charge >= 0.3 is 0 Å². The number of Topliss-reactive ketones (excluding diaryl/α,β-unsaturated/α-hetero) is 1. The summed E-state index contributed by atoms with van der Waals surface area (Å²) in [4.78, 5) is 25.6. The largest absolute Gasteiger partial charge is 0.302 e. The van der Waals surface area contributed by atoms with Gasteiger partial charge in [0.15, 0.2) is 5.78 Å². The van der Waals surface area contributed by atoms with Crippen LogP contribution in [0.15, 0.2) is 11.1 Å². The second kappa shape index (κ2) is 7.54. The molecule has 9 atom stereocenters. The van der Waals surface area contributed by atoms with Crippen molar-refractivity contribution < 1.29 is 9.59 Å². The number of fused-ring (bicyclic) bond motifs is 7. The predicted molar refractivity (Wildman–Crippen MR) is 130 cm³/mol. The average Bonchev–Trinajstić information content (AvgIpc) is 3.06. The first kappa shape index (κ1) is 22.9. The van der Waals surface area contributed by atoms with Gasteiger partial charge in [0, 0.05) is 6.42 Å². The van der Waals surface area contributed by atoms with Gasteiger partial charge in [-0.05, 0) is 115 Å². The van der Waals surface area contributed by atoms with Crippen LogP contribution in [0.2, 0.25) is 0 Å². The molecule has 4 saturated carbocycles. The molecule has 0 amide bonds. The van der Waals surface area contributed by atoms with Crippen molar-refractivity contribution in [2.45, 2.75) is 106 Å². The summed E-state index contributed by atoms with van der Waals surface area (Å²) in [5.41, 5.74) is 2.74. The minimum atomic E-state index is -0.462. The molecule has 5 rings (SSSR count). The molecule has 0 aromatic rings.